The zero-order chi connectivity index (χ0) is 20.5. The molecule has 0 aromatic heterocycles. The van der Waals surface area contributed by atoms with Crippen LogP contribution in [0.4, 0.5) is 5.69 Å². The third kappa shape index (κ3) is 3.69. The predicted molar refractivity (Wildman–Crippen MR) is 115 cm³/mol. The van der Waals surface area contributed by atoms with Gasteiger partial charge in [-0.1, -0.05) is 42.0 Å². The summed E-state index contributed by atoms with van der Waals surface area (Å²) < 4.78 is 0. The molecule has 0 fully saturated rings. The Morgan fingerprint density at radius 1 is 0.862 bits per heavy atom. The van der Waals surface area contributed by atoms with Gasteiger partial charge in [-0.2, -0.15) is 0 Å². The molecule has 0 saturated heterocycles. The molecule has 3 aromatic carbocycles. The van der Waals surface area contributed by atoms with Crippen molar-refractivity contribution in [1.82, 2.24) is 0 Å². The Kier molecular flexibility index (Phi) is 4.77. The van der Waals surface area contributed by atoms with Crippen molar-refractivity contribution in [3.63, 3.8) is 0 Å². The monoisotopic (exact) mass is 383 g/mol. The van der Waals surface area contributed by atoms with E-state index in [0.717, 1.165) is 5.56 Å². The topological polar surface area (TPSA) is 66.4 Å². The summed E-state index contributed by atoms with van der Waals surface area (Å²) in [5.74, 6) is -1.06. The summed E-state index contributed by atoms with van der Waals surface area (Å²) in [5, 5.41) is 11.9. The van der Waals surface area contributed by atoms with Gasteiger partial charge in [-0.05, 0) is 72.5 Å². The van der Waals surface area contributed by atoms with E-state index in [4.69, 9.17) is 5.11 Å². The highest BCUT2D eigenvalue weighted by molar-refractivity contribution is 6.05. The number of amides is 1. The minimum absolute atomic E-state index is 0.154. The second kappa shape index (κ2) is 7.40. The van der Waals surface area contributed by atoms with Gasteiger partial charge in [0.2, 0.25) is 0 Å². The molecular weight excluding hydrogens is 362 g/mol. The van der Waals surface area contributed by atoms with Crippen molar-refractivity contribution < 1.29 is 14.7 Å². The number of carboxylic acid groups (broad SMARTS) is 1. The maximum atomic E-state index is 12.5. The summed E-state index contributed by atoms with van der Waals surface area (Å²) in [5.41, 5.74) is 7.41. The number of nitrogens with one attached hydrogen (secondary N) is 1. The van der Waals surface area contributed by atoms with Gasteiger partial charge >= 0.3 is 5.97 Å². The molecule has 4 heteroatoms. The number of rotatable bonds is 4. The molecule has 3 aromatic rings. The Hall–Kier alpha value is -3.66. The number of carbonyl (C=O) groups excluding carboxylic acids is 1. The molecule has 4 nitrogen and oxygen atoms in total. The van der Waals surface area contributed by atoms with Crippen LogP contribution in [0.15, 0.2) is 66.7 Å². The molecule has 4 rings (SSSR count). The molecule has 1 atom stereocenters. The van der Waals surface area contributed by atoms with Gasteiger partial charge in [0, 0.05) is 17.2 Å². The first-order valence-electron chi connectivity index (χ1n) is 9.46. The van der Waals surface area contributed by atoms with Gasteiger partial charge in [0.1, 0.15) is 0 Å². The lowest BCUT2D eigenvalue weighted by Crippen LogP contribution is -2.12. The minimum Gasteiger partial charge on any atom is -0.478 e. The first-order valence-corrected chi connectivity index (χ1v) is 9.46. The predicted octanol–water partition coefficient (Wildman–Crippen LogP) is 5.41. The normalized spacial score (nSPS) is 14.5. The molecule has 0 radical (unpaired) electrons. The number of carboxylic acids is 1. The lowest BCUT2D eigenvalue weighted by Gasteiger charge is -2.16. The molecule has 0 bridgehead atoms. The Morgan fingerprint density at radius 3 is 2.24 bits per heavy atom. The molecule has 1 aliphatic carbocycles. The van der Waals surface area contributed by atoms with E-state index in [9.17, 15) is 9.59 Å². The SMILES string of the molecule is Cc1ccc(C2C=Cc3cc(NC(=O)c4ccc(C(=O)O)cc4)ccc32)c(C)c1. The number of fused-ring (bicyclic) bond motifs is 1. The third-order valence-corrected chi connectivity index (χ3v) is 5.30. The molecule has 0 saturated carbocycles. The van der Waals surface area contributed by atoms with Crippen molar-refractivity contribution in [3.05, 3.63) is 106 Å². The van der Waals surface area contributed by atoms with E-state index in [1.165, 1.54) is 46.5 Å². The maximum absolute atomic E-state index is 12.5. The lowest BCUT2D eigenvalue weighted by molar-refractivity contribution is 0.0696. The Balaban J connectivity index is 1.54. The zero-order valence-electron chi connectivity index (χ0n) is 16.3. The fourth-order valence-corrected chi connectivity index (χ4v) is 3.80. The van der Waals surface area contributed by atoms with Crippen molar-refractivity contribution in [2.24, 2.45) is 0 Å². The van der Waals surface area contributed by atoms with Crippen molar-refractivity contribution in [2.75, 3.05) is 5.32 Å². The van der Waals surface area contributed by atoms with E-state index < -0.39 is 5.97 Å². The van der Waals surface area contributed by atoms with Crippen LogP contribution in [0, 0.1) is 13.8 Å². The fraction of sp³-hybridized carbons (Fsp3) is 0.120. The molecule has 0 aliphatic heterocycles. The molecule has 0 heterocycles. The van der Waals surface area contributed by atoms with Crippen LogP contribution in [0.25, 0.3) is 6.08 Å². The number of aromatic carboxylic acids is 1. The average molecular weight is 383 g/mol. The molecule has 1 amide bonds. The third-order valence-electron chi connectivity index (χ3n) is 5.30. The van der Waals surface area contributed by atoms with Gasteiger partial charge in [0.25, 0.3) is 5.91 Å². The van der Waals surface area contributed by atoms with E-state index in [-0.39, 0.29) is 17.4 Å². The maximum Gasteiger partial charge on any atom is 0.335 e. The van der Waals surface area contributed by atoms with Crippen LogP contribution in [0.2, 0.25) is 0 Å². The van der Waals surface area contributed by atoms with Crippen LogP contribution in [-0.2, 0) is 0 Å². The van der Waals surface area contributed by atoms with E-state index in [1.54, 1.807) is 0 Å². The van der Waals surface area contributed by atoms with Crippen LogP contribution >= 0.6 is 0 Å². The molecule has 1 aliphatic rings. The van der Waals surface area contributed by atoms with Gasteiger partial charge in [0.05, 0.1) is 5.56 Å². The van der Waals surface area contributed by atoms with E-state index in [1.807, 2.05) is 12.1 Å². The molecular formula is C25H21NO3. The van der Waals surface area contributed by atoms with Crippen molar-refractivity contribution in [2.45, 2.75) is 19.8 Å². The fourth-order valence-electron chi connectivity index (χ4n) is 3.80. The first-order chi connectivity index (χ1) is 13.9. The number of hydrogen-bond donors (Lipinski definition) is 2. The largest absolute Gasteiger partial charge is 0.478 e. The Bertz CT molecular complexity index is 1140. The number of carbonyl (C=O) groups is 2. The summed E-state index contributed by atoms with van der Waals surface area (Å²) in [6.45, 7) is 4.23. The minimum atomic E-state index is -1.01. The number of hydrogen-bond acceptors (Lipinski definition) is 2. The van der Waals surface area contributed by atoms with Gasteiger partial charge < -0.3 is 10.4 Å². The summed E-state index contributed by atoms with van der Waals surface area (Å²) >= 11 is 0. The van der Waals surface area contributed by atoms with Crippen LogP contribution < -0.4 is 5.32 Å². The number of aryl methyl sites for hydroxylation is 2. The van der Waals surface area contributed by atoms with E-state index in [2.05, 4.69) is 55.6 Å². The summed E-state index contributed by atoms with van der Waals surface area (Å²) in [6, 6.07) is 18.3. The van der Waals surface area contributed by atoms with E-state index in [0.29, 0.717) is 11.3 Å². The summed E-state index contributed by atoms with van der Waals surface area (Å²) in [6.07, 6.45) is 4.29. The van der Waals surface area contributed by atoms with Gasteiger partial charge in [-0.15, -0.1) is 0 Å². The Labute approximate surface area is 169 Å². The van der Waals surface area contributed by atoms with Crippen LogP contribution in [0.3, 0.4) is 0 Å². The van der Waals surface area contributed by atoms with Crippen molar-refractivity contribution in [3.8, 4) is 0 Å². The second-order valence-electron chi connectivity index (χ2n) is 7.38. The zero-order valence-corrected chi connectivity index (χ0v) is 16.3. The molecule has 29 heavy (non-hydrogen) atoms. The highest BCUT2D eigenvalue weighted by Crippen LogP contribution is 2.38. The van der Waals surface area contributed by atoms with Crippen LogP contribution in [0.5, 0.6) is 0 Å². The first kappa shape index (κ1) is 18.7. The smallest absolute Gasteiger partial charge is 0.335 e. The lowest BCUT2D eigenvalue weighted by atomic mass is 9.89. The van der Waals surface area contributed by atoms with Gasteiger partial charge in [-0.25, -0.2) is 4.79 Å². The molecule has 2 N–H and O–H groups in total. The number of anilines is 1. The number of benzene rings is 3. The van der Waals surface area contributed by atoms with Gasteiger partial charge in [0.15, 0.2) is 0 Å². The highest BCUT2D eigenvalue weighted by Gasteiger charge is 2.21. The summed E-state index contributed by atoms with van der Waals surface area (Å²) in [4.78, 5) is 23.4. The molecule has 1 unspecified atom stereocenters. The highest BCUT2D eigenvalue weighted by atomic mass is 16.4. The quantitative estimate of drug-likeness (QED) is 0.633. The molecule has 0 spiro atoms. The van der Waals surface area contributed by atoms with Crippen LogP contribution in [0.1, 0.15) is 54.5 Å². The average Bonchev–Trinajstić information content (AvgIpc) is 3.11. The van der Waals surface area contributed by atoms with Gasteiger partial charge in [-0.3, -0.25) is 4.79 Å². The van der Waals surface area contributed by atoms with E-state index >= 15 is 0 Å². The number of allylic oxidation sites excluding steroid dienone is 1. The Morgan fingerprint density at radius 2 is 1.55 bits per heavy atom. The van der Waals surface area contributed by atoms with Crippen molar-refractivity contribution in [1.29, 1.82) is 0 Å². The second-order valence-corrected chi connectivity index (χ2v) is 7.38. The standard InChI is InChI=1S/C25H21NO3/c1-15-3-10-21(16(2)13-15)23-11-8-19-14-20(9-12-22(19)23)26-24(27)17-4-6-18(7-5-17)25(28)29/h3-14,23H,1-2H3,(H,26,27)(H,28,29). The molecule has 144 valence electrons. The van der Waals surface area contributed by atoms with Crippen LogP contribution in [-0.4, -0.2) is 17.0 Å². The van der Waals surface area contributed by atoms with Crippen molar-refractivity contribution >= 4 is 23.6 Å². The summed E-state index contributed by atoms with van der Waals surface area (Å²) in [7, 11) is 0.